The van der Waals surface area contributed by atoms with E-state index in [0.29, 0.717) is 6.04 Å². The summed E-state index contributed by atoms with van der Waals surface area (Å²) in [4.78, 5) is 0. The van der Waals surface area contributed by atoms with E-state index in [9.17, 15) is 0 Å². The highest BCUT2D eigenvalue weighted by molar-refractivity contribution is 5.33. The predicted octanol–water partition coefficient (Wildman–Crippen LogP) is 4.04. The highest BCUT2D eigenvalue weighted by Crippen LogP contribution is 2.34. The number of rotatable bonds is 6. The molecule has 0 heterocycles. The molecule has 2 rings (SSSR count). The largest absolute Gasteiger partial charge is 0.496 e. The maximum atomic E-state index is 5.50. The molecule has 1 aliphatic carbocycles. The molecule has 0 aliphatic heterocycles. The molecule has 2 unspecified atom stereocenters. The van der Waals surface area contributed by atoms with Gasteiger partial charge in [0.15, 0.2) is 0 Å². The Morgan fingerprint density at radius 1 is 1.15 bits per heavy atom. The molecule has 2 nitrogen and oxygen atoms in total. The molecule has 1 saturated carbocycles. The van der Waals surface area contributed by atoms with Gasteiger partial charge in [0.05, 0.1) is 7.11 Å². The van der Waals surface area contributed by atoms with Crippen LogP contribution in [0, 0.1) is 11.8 Å². The number of para-hydroxylation sites is 1. The number of nitrogens with one attached hydrogen (secondary N) is 1. The minimum Gasteiger partial charge on any atom is -0.496 e. The van der Waals surface area contributed by atoms with Gasteiger partial charge in [-0.15, -0.1) is 0 Å². The molecule has 0 amide bonds. The van der Waals surface area contributed by atoms with Gasteiger partial charge in [-0.2, -0.15) is 0 Å². The summed E-state index contributed by atoms with van der Waals surface area (Å²) >= 11 is 0. The molecular formula is C18H29NO. The monoisotopic (exact) mass is 275 g/mol. The summed E-state index contributed by atoms with van der Waals surface area (Å²) in [5.41, 5.74) is 1.37. The normalized spacial score (nSPS) is 23.0. The summed E-state index contributed by atoms with van der Waals surface area (Å²) in [7, 11) is 1.78. The summed E-state index contributed by atoms with van der Waals surface area (Å²) in [6, 6.07) is 9.08. The molecule has 1 aliphatic rings. The first-order valence-corrected chi connectivity index (χ1v) is 8.06. The average molecular weight is 275 g/mol. The quantitative estimate of drug-likeness (QED) is 0.846. The van der Waals surface area contributed by atoms with Crippen LogP contribution in [0.2, 0.25) is 0 Å². The van der Waals surface area contributed by atoms with Crippen LogP contribution in [0.3, 0.4) is 0 Å². The topological polar surface area (TPSA) is 21.3 Å². The van der Waals surface area contributed by atoms with Gasteiger partial charge in [-0.1, -0.05) is 44.9 Å². The maximum absolute atomic E-state index is 5.50. The standard InChI is InChI=1S/C18H29NO/c1-14(2)19-13-17-10-5-4-8-15(17)12-16-9-6-7-11-18(16)20-3/h6-7,9,11,14-15,17,19H,4-5,8,10,12-13H2,1-3H3. The van der Waals surface area contributed by atoms with Crippen LogP contribution in [0.25, 0.3) is 0 Å². The minimum absolute atomic E-state index is 0.587. The first-order valence-electron chi connectivity index (χ1n) is 8.06. The zero-order valence-electron chi connectivity index (χ0n) is 13.2. The lowest BCUT2D eigenvalue weighted by Crippen LogP contribution is -2.35. The molecule has 2 atom stereocenters. The van der Waals surface area contributed by atoms with Crippen LogP contribution >= 0.6 is 0 Å². The molecule has 0 bridgehead atoms. The van der Waals surface area contributed by atoms with Gasteiger partial charge < -0.3 is 10.1 Å². The van der Waals surface area contributed by atoms with Gasteiger partial charge in [0.2, 0.25) is 0 Å². The fourth-order valence-corrected chi connectivity index (χ4v) is 3.36. The van der Waals surface area contributed by atoms with Crippen LogP contribution in [-0.4, -0.2) is 19.7 Å². The average Bonchev–Trinajstić information content (AvgIpc) is 2.47. The second-order valence-corrected chi connectivity index (χ2v) is 6.38. The van der Waals surface area contributed by atoms with Gasteiger partial charge in [-0.25, -0.2) is 0 Å². The fraction of sp³-hybridized carbons (Fsp3) is 0.667. The SMILES string of the molecule is COc1ccccc1CC1CCCCC1CNC(C)C. The van der Waals surface area contributed by atoms with Crippen molar-refractivity contribution in [2.24, 2.45) is 11.8 Å². The summed E-state index contributed by atoms with van der Waals surface area (Å²) in [6.45, 7) is 5.63. The smallest absolute Gasteiger partial charge is 0.122 e. The Morgan fingerprint density at radius 3 is 2.55 bits per heavy atom. The van der Waals surface area contributed by atoms with Crippen molar-refractivity contribution in [2.45, 2.75) is 52.0 Å². The van der Waals surface area contributed by atoms with Crippen LogP contribution in [0.15, 0.2) is 24.3 Å². The zero-order chi connectivity index (χ0) is 14.4. The molecule has 0 aromatic heterocycles. The lowest BCUT2D eigenvalue weighted by atomic mass is 9.76. The van der Waals surface area contributed by atoms with E-state index in [4.69, 9.17) is 4.74 Å². The van der Waals surface area contributed by atoms with Crippen LogP contribution in [0.4, 0.5) is 0 Å². The molecule has 112 valence electrons. The lowest BCUT2D eigenvalue weighted by molar-refractivity contribution is 0.223. The molecule has 2 heteroatoms. The van der Waals surface area contributed by atoms with Crippen molar-refractivity contribution in [3.63, 3.8) is 0 Å². The Morgan fingerprint density at radius 2 is 1.85 bits per heavy atom. The molecular weight excluding hydrogens is 246 g/mol. The van der Waals surface area contributed by atoms with E-state index in [0.717, 1.165) is 30.6 Å². The van der Waals surface area contributed by atoms with Gasteiger partial charge in [-0.05, 0) is 49.3 Å². The third kappa shape index (κ3) is 4.24. The number of hydrogen-bond donors (Lipinski definition) is 1. The van der Waals surface area contributed by atoms with E-state index in [-0.39, 0.29) is 0 Å². The van der Waals surface area contributed by atoms with E-state index in [2.05, 4.69) is 43.4 Å². The summed E-state index contributed by atoms with van der Waals surface area (Å²) in [6.07, 6.45) is 6.68. The summed E-state index contributed by atoms with van der Waals surface area (Å²) < 4.78 is 5.50. The first-order chi connectivity index (χ1) is 9.70. The summed E-state index contributed by atoms with van der Waals surface area (Å²) in [5.74, 6) is 2.66. The molecule has 1 N–H and O–H groups in total. The first kappa shape index (κ1) is 15.4. The highest BCUT2D eigenvalue weighted by Gasteiger charge is 2.25. The molecule has 0 radical (unpaired) electrons. The van der Waals surface area contributed by atoms with E-state index in [1.165, 1.54) is 31.2 Å². The molecule has 1 fully saturated rings. The van der Waals surface area contributed by atoms with Crippen molar-refractivity contribution in [2.75, 3.05) is 13.7 Å². The molecule has 20 heavy (non-hydrogen) atoms. The van der Waals surface area contributed by atoms with Crippen LogP contribution in [0.5, 0.6) is 5.75 Å². The number of benzene rings is 1. The van der Waals surface area contributed by atoms with Crippen LogP contribution in [-0.2, 0) is 6.42 Å². The number of ether oxygens (including phenoxy) is 1. The Kier molecular flexibility index (Phi) is 5.90. The van der Waals surface area contributed by atoms with Crippen LogP contribution < -0.4 is 10.1 Å². The van der Waals surface area contributed by atoms with E-state index < -0.39 is 0 Å². The van der Waals surface area contributed by atoms with Gasteiger partial charge >= 0.3 is 0 Å². The van der Waals surface area contributed by atoms with E-state index >= 15 is 0 Å². The molecule has 0 spiro atoms. The Bertz CT molecular complexity index is 402. The molecule has 0 saturated heterocycles. The zero-order valence-corrected chi connectivity index (χ0v) is 13.2. The third-order valence-electron chi connectivity index (χ3n) is 4.53. The predicted molar refractivity (Wildman–Crippen MR) is 85.3 cm³/mol. The second kappa shape index (κ2) is 7.68. The van der Waals surface area contributed by atoms with Crippen molar-refractivity contribution >= 4 is 0 Å². The number of hydrogen-bond acceptors (Lipinski definition) is 2. The molecule has 1 aromatic carbocycles. The van der Waals surface area contributed by atoms with Crippen molar-refractivity contribution < 1.29 is 4.74 Å². The van der Waals surface area contributed by atoms with Crippen molar-refractivity contribution in [3.8, 4) is 5.75 Å². The van der Waals surface area contributed by atoms with Crippen molar-refractivity contribution in [1.29, 1.82) is 0 Å². The minimum atomic E-state index is 0.587. The van der Waals surface area contributed by atoms with Crippen molar-refractivity contribution in [3.05, 3.63) is 29.8 Å². The van der Waals surface area contributed by atoms with Gasteiger partial charge in [0.1, 0.15) is 5.75 Å². The highest BCUT2D eigenvalue weighted by atomic mass is 16.5. The molecule has 1 aromatic rings. The summed E-state index contributed by atoms with van der Waals surface area (Å²) in [5, 5.41) is 3.63. The lowest BCUT2D eigenvalue weighted by Gasteiger charge is -2.32. The van der Waals surface area contributed by atoms with E-state index in [1.807, 2.05) is 0 Å². The third-order valence-corrected chi connectivity index (χ3v) is 4.53. The van der Waals surface area contributed by atoms with Crippen molar-refractivity contribution in [1.82, 2.24) is 5.32 Å². The van der Waals surface area contributed by atoms with E-state index in [1.54, 1.807) is 7.11 Å². The number of methoxy groups -OCH3 is 1. The van der Waals surface area contributed by atoms with Gasteiger partial charge in [0, 0.05) is 6.04 Å². The Labute approximate surface area is 123 Å². The Balaban J connectivity index is 2.00. The second-order valence-electron chi connectivity index (χ2n) is 6.38. The van der Waals surface area contributed by atoms with Gasteiger partial charge in [0.25, 0.3) is 0 Å². The van der Waals surface area contributed by atoms with Gasteiger partial charge in [-0.3, -0.25) is 0 Å². The Hall–Kier alpha value is -1.02. The maximum Gasteiger partial charge on any atom is 0.122 e. The fourth-order valence-electron chi connectivity index (χ4n) is 3.36. The van der Waals surface area contributed by atoms with Crippen LogP contribution in [0.1, 0.15) is 45.1 Å².